The molecule has 0 amide bonds. The molecule has 0 bridgehead atoms. The number of nitrogen functional groups attached to an aromatic ring is 1. The van der Waals surface area contributed by atoms with Gasteiger partial charge in [-0.15, -0.1) is 5.10 Å². The number of anilines is 3. The Bertz CT molecular complexity index is 1090. The van der Waals surface area contributed by atoms with E-state index in [0.29, 0.717) is 49.0 Å². The zero-order valence-electron chi connectivity index (χ0n) is 19.3. The van der Waals surface area contributed by atoms with E-state index in [1.54, 1.807) is 24.3 Å². The highest BCUT2D eigenvalue weighted by molar-refractivity contribution is 5.97. The van der Waals surface area contributed by atoms with Gasteiger partial charge in [-0.05, 0) is 56.7 Å². The Morgan fingerprint density at radius 1 is 1.18 bits per heavy atom. The van der Waals surface area contributed by atoms with Crippen LogP contribution in [0.2, 0.25) is 0 Å². The lowest BCUT2D eigenvalue weighted by Crippen LogP contribution is -2.26. The third-order valence-corrected chi connectivity index (χ3v) is 4.91. The average molecular weight is 468 g/mol. The Morgan fingerprint density at radius 2 is 1.94 bits per heavy atom. The first-order valence-corrected chi connectivity index (χ1v) is 11.2. The highest BCUT2D eigenvalue weighted by Gasteiger charge is 2.17. The smallest absolute Gasteiger partial charge is 0.281 e. The molecule has 180 valence electrons. The molecule has 1 aliphatic rings. The van der Waals surface area contributed by atoms with Crippen molar-refractivity contribution in [1.82, 2.24) is 14.8 Å². The predicted octanol–water partition coefficient (Wildman–Crippen LogP) is 3.61. The van der Waals surface area contributed by atoms with Crippen molar-refractivity contribution in [2.24, 2.45) is 0 Å². The first kappa shape index (κ1) is 23.5. The molecule has 2 heterocycles. The van der Waals surface area contributed by atoms with Gasteiger partial charge in [-0.2, -0.15) is 9.67 Å². The van der Waals surface area contributed by atoms with Crippen LogP contribution in [0.25, 0.3) is 0 Å². The molecular weight excluding hydrogens is 438 g/mol. The van der Waals surface area contributed by atoms with Crippen LogP contribution >= 0.6 is 0 Å². The minimum absolute atomic E-state index is 0.0186. The number of benzene rings is 2. The molecule has 0 unspecified atom stereocenters. The van der Waals surface area contributed by atoms with E-state index >= 15 is 0 Å². The van der Waals surface area contributed by atoms with E-state index in [4.69, 9.17) is 24.7 Å². The molecule has 1 aliphatic heterocycles. The number of nitrogens with zero attached hydrogens (tertiary/aromatic N) is 3. The van der Waals surface area contributed by atoms with Gasteiger partial charge in [-0.1, -0.05) is 6.07 Å². The van der Waals surface area contributed by atoms with E-state index in [9.17, 15) is 4.79 Å². The summed E-state index contributed by atoms with van der Waals surface area (Å²) in [5.74, 6) is 1.15. The van der Waals surface area contributed by atoms with Gasteiger partial charge in [0.15, 0.2) is 6.29 Å². The number of aromatic nitrogens is 3. The number of nitrogens with two attached hydrogens (primary N) is 1. The lowest BCUT2D eigenvalue weighted by molar-refractivity contribution is -0.183. The molecule has 2 aromatic carbocycles. The maximum atomic E-state index is 12.8. The number of carbonyl (C=O) groups is 1. The molecule has 0 spiro atoms. The van der Waals surface area contributed by atoms with Crippen LogP contribution in [0.1, 0.15) is 37.0 Å². The molecule has 34 heavy (non-hydrogen) atoms. The third-order valence-electron chi connectivity index (χ3n) is 4.91. The second kappa shape index (κ2) is 11.0. The van der Waals surface area contributed by atoms with Gasteiger partial charge in [0, 0.05) is 23.7 Å². The zero-order chi connectivity index (χ0) is 23.9. The second-order valence-corrected chi connectivity index (χ2v) is 8.02. The molecule has 3 aromatic rings. The van der Waals surface area contributed by atoms with E-state index in [0.717, 1.165) is 11.1 Å². The summed E-state index contributed by atoms with van der Waals surface area (Å²) in [6.45, 7) is 5.77. The van der Waals surface area contributed by atoms with Gasteiger partial charge in [0.25, 0.3) is 5.91 Å². The fourth-order valence-corrected chi connectivity index (χ4v) is 3.37. The molecule has 1 aromatic heterocycles. The molecule has 10 heteroatoms. The van der Waals surface area contributed by atoms with E-state index in [1.807, 2.05) is 38.1 Å². The summed E-state index contributed by atoms with van der Waals surface area (Å²) in [5, 5.41) is 7.28. The topological polar surface area (TPSA) is 123 Å². The van der Waals surface area contributed by atoms with Gasteiger partial charge >= 0.3 is 0 Å². The SMILES string of the molecule is CC(C)Oc1ccc(C(=O)n2nc(Nc3cccc(OCCC4OCCCO4)c3)nc2N)cc1. The van der Waals surface area contributed by atoms with Gasteiger partial charge in [-0.3, -0.25) is 4.79 Å². The molecule has 1 saturated heterocycles. The number of carbonyl (C=O) groups excluding carboxylic acids is 1. The number of hydrogen-bond acceptors (Lipinski definition) is 9. The summed E-state index contributed by atoms with van der Waals surface area (Å²) >= 11 is 0. The largest absolute Gasteiger partial charge is 0.493 e. The quantitative estimate of drug-likeness (QED) is 0.486. The first-order valence-electron chi connectivity index (χ1n) is 11.2. The van der Waals surface area contributed by atoms with Crippen molar-refractivity contribution in [2.45, 2.75) is 39.1 Å². The number of ether oxygens (including phenoxy) is 4. The van der Waals surface area contributed by atoms with Crippen molar-refractivity contribution in [3.63, 3.8) is 0 Å². The Kier molecular flexibility index (Phi) is 7.61. The maximum Gasteiger partial charge on any atom is 0.281 e. The van der Waals surface area contributed by atoms with E-state index in [2.05, 4.69) is 15.4 Å². The lowest BCUT2D eigenvalue weighted by Gasteiger charge is -2.23. The van der Waals surface area contributed by atoms with E-state index < -0.39 is 5.91 Å². The summed E-state index contributed by atoms with van der Waals surface area (Å²) in [5.41, 5.74) is 7.06. The summed E-state index contributed by atoms with van der Waals surface area (Å²) in [6, 6.07) is 14.1. The minimum atomic E-state index is -0.390. The van der Waals surface area contributed by atoms with Crippen molar-refractivity contribution >= 4 is 23.5 Å². The molecule has 0 radical (unpaired) electrons. The van der Waals surface area contributed by atoms with Crippen molar-refractivity contribution in [3.05, 3.63) is 54.1 Å². The Morgan fingerprint density at radius 3 is 2.68 bits per heavy atom. The summed E-state index contributed by atoms with van der Waals surface area (Å²) in [4.78, 5) is 17.0. The summed E-state index contributed by atoms with van der Waals surface area (Å²) in [6.07, 6.45) is 1.39. The molecule has 0 saturated carbocycles. The first-order chi connectivity index (χ1) is 16.5. The van der Waals surface area contributed by atoms with Crippen LogP contribution in [0.4, 0.5) is 17.6 Å². The number of hydrogen-bond donors (Lipinski definition) is 2. The molecule has 0 atom stereocenters. The Balaban J connectivity index is 1.36. The van der Waals surface area contributed by atoms with E-state index in [1.165, 1.54) is 0 Å². The fourth-order valence-electron chi connectivity index (χ4n) is 3.37. The van der Waals surface area contributed by atoms with Crippen LogP contribution in [0.15, 0.2) is 48.5 Å². The number of rotatable bonds is 9. The van der Waals surface area contributed by atoms with Crippen LogP contribution in [-0.4, -0.2) is 52.9 Å². The van der Waals surface area contributed by atoms with Gasteiger partial charge in [-0.25, -0.2) is 0 Å². The maximum absolute atomic E-state index is 12.8. The molecule has 10 nitrogen and oxygen atoms in total. The van der Waals surface area contributed by atoms with E-state index in [-0.39, 0.29) is 24.3 Å². The molecule has 4 rings (SSSR count). The molecular formula is C24H29N5O5. The number of nitrogens with one attached hydrogen (secondary N) is 1. The Labute approximate surface area is 198 Å². The van der Waals surface area contributed by atoms with Crippen LogP contribution in [0.5, 0.6) is 11.5 Å². The summed E-state index contributed by atoms with van der Waals surface area (Å²) in [7, 11) is 0. The minimum Gasteiger partial charge on any atom is -0.493 e. The highest BCUT2D eigenvalue weighted by Crippen LogP contribution is 2.22. The predicted molar refractivity (Wildman–Crippen MR) is 127 cm³/mol. The van der Waals surface area contributed by atoms with Gasteiger partial charge in [0.05, 0.1) is 25.9 Å². The van der Waals surface area contributed by atoms with Crippen molar-refractivity contribution in [2.75, 3.05) is 30.9 Å². The van der Waals surface area contributed by atoms with Crippen LogP contribution < -0.4 is 20.5 Å². The lowest BCUT2D eigenvalue weighted by atomic mass is 10.2. The Hall–Kier alpha value is -3.63. The van der Waals surface area contributed by atoms with Crippen LogP contribution in [0, 0.1) is 0 Å². The summed E-state index contributed by atoms with van der Waals surface area (Å²) < 4.78 is 23.5. The molecule has 0 aliphatic carbocycles. The van der Waals surface area contributed by atoms with Crippen molar-refractivity contribution < 1.29 is 23.7 Å². The van der Waals surface area contributed by atoms with Crippen LogP contribution in [-0.2, 0) is 9.47 Å². The zero-order valence-corrected chi connectivity index (χ0v) is 19.3. The average Bonchev–Trinajstić information content (AvgIpc) is 3.19. The second-order valence-electron chi connectivity index (χ2n) is 8.02. The van der Waals surface area contributed by atoms with Gasteiger partial charge in [0.1, 0.15) is 11.5 Å². The normalized spacial score (nSPS) is 14.2. The standard InChI is InChI=1S/C24H29N5O5/c1-16(2)34-19-9-7-17(8-10-19)22(30)29-23(25)27-24(28-29)26-18-5-3-6-20(15-18)31-14-11-21-32-12-4-13-33-21/h3,5-10,15-16,21H,4,11-14H2,1-2H3,(H3,25,26,27,28). The monoisotopic (exact) mass is 467 g/mol. The van der Waals surface area contributed by atoms with Crippen molar-refractivity contribution in [1.29, 1.82) is 0 Å². The molecule has 1 fully saturated rings. The van der Waals surface area contributed by atoms with Crippen molar-refractivity contribution in [3.8, 4) is 11.5 Å². The highest BCUT2D eigenvalue weighted by atomic mass is 16.7. The molecule has 3 N–H and O–H groups in total. The fraction of sp³-hybridized carbons (Fsp3) is 0.375. The van der Waals surface area contributed by atoms with Gasteiger partial charge < -0.3 is 30.0 Å². The van der Waals surface area contributed by atoms with Gasteiger partial charge in [0.2, 0.25) is 11.9 Å². The third kappa shape index (κ3) is 6.24. The van der Waals surface area contributed by atoms with Crippen LogP contribution in [0.3, 0.4) is 0 Å².